The van der Waals surface area contributed by atoms with Crippen LogP contribution in [0.5, 0.6) is 5.75 Å². The minimum atomic E-state index is -1.52. The van der Waals surface area contributed by atoms with Gasteiger partial charge in [-0.05, 0) is 23.8 Å². The summed E-state index contributed by atoms with van der Waals surface area (Å²) in [4.78, 5) is 33.1. The normalized spacial score (nSPS) is 11.0. The number of carbonyl (C=O) groups is 2. The molecule has 0 amide bonds. The molecule has 0 spiro atoms. The largest absolute Gasteiger partial charge is 0.508 e. The lowest BCUT2D eigenvalue weighted by molar-refractivity contribution is -0.146. The number of H-pyrrole nitrogens is 1. The highest BCUT2D eigenvalue weighted by Gasteiger charge is 2.14. The first kappa shape index (κ1) is 16.9. The van der Waals surface area contributed by atoms with E-state index in [0.29, 0.717) is 0 Å². The number of pyridine rings is 1. The van der Waals surface area contributed by atoms with E-state index in [4.69, 9.17) is 20.4 Å². The summed E-state index contributed by atoms with van der Waals surface area (Å²) < 4.78 is 0. The van der Waals surface area contributed by atoms with Crippen molar-refractivity contribution in [1.82, 2.24) is 4.98 Å². The third-order valence-corrected chi connectivity index (χ3v) is 2.47. The summed E-state index contributed by atoms with van der Waals surface area (Å²) in [7, 11) is 0. The average molecular weight is 307 g/mol. The van der Waals surface area contributed by atoms with Crippen molar-refractivity contribution in [3.63, 3.8) is 0 Å². The van der Waals surface area contributed by atoms with Gasteiger partial charge in [0.25, 0.3) is 0 Å². The number of hydrogen-bond acceptors (Lipinski definition) is 5. The maximum Gasteiger partial charge on any atom is 0.337 e. The predicted octanol–water partition coefficient (Wildman–Crippen LogP) is 0.583. The van der Waals surface area contributed by atoms with E-state index in [9.17, 15) is 14.4 Å². The summed E-state index contributed by atoms with van der Waals surface area (Å²) in [5.41, 5.74) is 0.0323. The molecule has 0 aliphatic rings. The Hall–Kier alpha value is -3.13. The maximum absolute atomic E-state index is 10.4. The highest BCUT2D eigenvalue weighted by atomic mass is 16.4. The number of carboxylic acids is 2. The molecule has 0 aliphatic heterocycles. The van der Waals surface area contributed by atoms with Crippen molar-refractivity contribution in [2.75, 3.05) is 0 Å². The molecule has 1 aromatic carbocycles. The number of benzene rings is 1. The minimum Gasteiger partial charge on any atom is -0.508 e. The molecule has 8 nitrogen and oxygen atoms in total. The Kier molecular flexibility index (Phi) is 5.85. The lowest BCUT2D eigenvalue weighted by atomic mass is 10.1. The number of aromatic amines is 1. The van der Waals surface area contributed by atoms with Crippen LogP contribution in [0.2, 0.25) is 0 Å². The van der Waals surface area contributed by atoms with Crippen molar-refractivity contribution in [1.29, 1.82) is 0 Å². The van der Waals surface area contributed by atoms with Crippen LogP contribution in [0.1, 0.15) is 22.0 Å². The van der Waals surface area contributed by atoms with Gasteiger partial charge in [0.05, 0.1) is 5.56 Å². The molecule has 1 aromatic heterocycles. The first-order chi connectivity index (χ1) is 10.3. The number of nitrogens with one attached hydrogen (secondary N) is 1. The zero-order valence-corrected chi connectivity index (χ0v) is 11.1. The number of aliphatic carboxylic acids is 1. The van der Waals surface area contributed by atoms with Crippen molar-refractivity contribution in [3.05, 3.63) is 64.1 Å². The number of aromatic hydroxyl groups is 1. The number of aliphatic hydroxyl groups is 1. The summed E-state index contributed by atoms with van der Waals surface area (Å²) in [6.07, 6.45) is -0.365. The Bertz CT molecular complexity index is 685. The SMILES string of the molecule is O=C(O)[C@@H](O)c1ccc(O)cc1.O=C(O)c1ccc(=O)[nH]c1. The molecule has 2 aromatic rings. The number of phenols is 1. The second kappa shape index (κ2) is 7.60. The molecule has 0 aliphatic carbocycles. The molecule has 0 radical (unpaired) electrons. The summed E-state index contributed by atoms with van der Waals surface area (Å²) in [6.45, 7) is 0. The fourth-order valence-corrected chi connectivity index (χ4v) is 1.34. The van der Waals surface area contributed by atoms with Gasteiger partial charge in [-0.2, -0.15) is 0 Å². The number of rotatable bonds is 3. The zero-order valence-electron chi connectivity index (χ0n) is 11.1. The topological polar surface area (TPSA) is 148 Å². The van der Waals surface area contributed by atoms with Crippen LogP contribution in [0.4, 0.5) is 0 Å². The number of phenolic OH excluding ortho intramolecular Hbond substituents is 1. The molecule has 22 heavy (non-hydrogen) atoms. The average Bonchev–Trinajstić information content (AvgIpc) is 2.48. The van der Waals surface area contributed by atoms with Gasteiger partial charge in [-0.15, -0.1) is 0 Å². The van der Waals surface area contributed by atoms with E-state index in [0.717, 1.165) is 6.20 Å². The van der Waals surface area contributed by atoms with E-state index >= 15 is 0 Å². The summed E-state index contributed by atoms with van der Waals surface area (Å²) in [5.74, 6) is -2.31. The van der Waals surface area contributed by atoms with Gasteiger partial charge in [0.2, 0.25) is 5.56 Å². The van der Waals surface area contributed by atoms with Crippen LogP contribution < -0.4 is 5.56 Å². The highest BCUT2D eigenvalue weighted by molar-refractivity contribution is 5.86. The van der Waals surface area contributed by atoms with E-state index in [1.165, 1.54) is 36.4 Å². The van der Waals surface area contributed by atoms with Crippen LogP contribution >= 0.6 is 0 Å². The molecule has 0 fully saturated rings. The summed E-state index contributed by atoms with van der Waals surface area (Å²) in [6, 6.07) is 7.77. The predicted molar refractivity (Wildman–Crippen MR) is 74.7 cm³/mol. The minimum absolute atomic E-state index is 0.0383. The van der Waals surface area contributed by atoms with Crippen LogP contribution in [0, 0.1) is 0 Å². The smallest absolute Gasteiger partial charge is 0.337 e. The van der Waals surface area contributed by atoms with Crippen LogP contribution in [0.25, 0.3) is 0 Å². The van der Waals surface area contributed by atoms with E-state index in [-0.39, 0.29) is 22.4 Å². The van der Waals surface area contributed by atoms with Crippen LogP contribution in [-0.4, -0.2) is 37.3 Å². The second-order valence-corrected chi connectivity index (χ2v) is 4.08. The molecule has 1 heterocycles. The van der Waals surface area contributed by atoms with Gasteiger partial charge in [-0.3, -0.25) is 4.79 Å². The van der Waals surface area contributed by atoms with E-state index in [1.807, 2.05) is 0 Å². The second-order valence-electron chi connectivity index (χ2n) is 4.08. The van der Waals surface area contributed by atoms with Gasteiger partial charge < -0.3 is 25.4 Å². The first-order valence-electron chi connectivity index (χ1n) is 5.93. The monoisotopic (exact) mass is 307 g/mol. The lowest BCUT2D eigenvalue weighted by Gasteiger charge is -2.04. The fraction of sp³-hybridized carbons (Fsp3) is 0.0714. The van der Waals surface area contributed by atoms with Crippen LogP contribution in [-0.2, 0) is 4.79 Å². The summed E-state index contributed by atoms with van der Waals surface area (Å²) in [5, 5.41) is 34.6. The number of aromatic nitrogens is 1. The molecule has 0 unspecified atom stereocenters. The molecular formula is C14H13NO7. The van der Waals surface area contributed by atoms with Crippen LogP contribution in [0.15, 0.2) is 47.4 Å². The first-order valence-corrected chi connectivity index (χ1v) is 5.93. The molecular weight excluding hydrogens is 294 g/mol. The molecule has 0 saturated carbocycles. The van der Waals surface area contributed by atoms with Gasteiger partial charge in [0.1, 0.15) is 5.75 Å². The van der Waals surface area contributed by atoms with Crippen molar-refractivity contribution in [2.24, 2.45) is 0 Å². The maximum atomic E-state index is 10.4. The Morgan fingerprint density at radius 3 is 2.00 bits per heavy atom. The third-order valence-electron chi connectivity index (χ3n) is 2.47. The van der Waals surface area contributed by atoms with Gasteiger partial charge >= 0.3 is 11.9 Å². The number of carboxylic acid groups (broad SMARTS) is 2. The summed E-state index contributed by atoms with van der Waals surface area (Å²) >= 11 is 0. The van der Waals surface area contributed by atoms with E-state index in [1.54, 1.807) is 0 Å². The van der Waals surface area contributed by atoms with Crippen molar-refractivity contribution >= 4 is 11.9 Å². The van der Waals surface area contributed by atoms with Crippen molar-refractivity contribution < 1.29 is 30.0 Å². The number of hydrogen-bond donors (Lipinski definition) is 5. The molecule has 116 valence electrons. The standard InChI is InChI=1S/C8H8O4.C6H5NO3/c9-6-3-1-5(2-4-6)7(10)8(11)12;8-5-2-1-4(3-7-5)6(9)10/h1-4,7,9-10H,(H,11,12);1-3H,(H,7,8)(H,9,10)/t7-;/m0./s1. The Balaban J connectivity index is 0.000000224. The third kappa shape index (κ3) is 5.10. The van der Waals surface area contributed by atoms with E-state index in [2.05, 4.69) is 4.98 Å². The lowest BCUT2D eigenvalue weighted by Crippen LogP contribution is -2.09. The molecule has 2 rings (SSSR count). The fourth-order valence-electron chi connectivity index (χ4n) is 1.34. The zero-order chi connectivity index (χ0) is 16.7. The van der Waals surface area contributed by atoms with Gasteiger partial charge in [-0.1, -0.05) is 12.1 Å². The van der Waals surface area contributed by atoms with Gasteiger partial charge in [0.15, 0.2) is 6.10 Å². The molecule has 0 saturated heterocycles. The highest BCUT2D eigenvalue weighted by Crippen LogP contribution is 2.16. The molecule has 5 N–H and O–H groups in total. The van der Waals surface area contributed by atoms with Gasteiger partial charge in [-0.25, -0.2) is 9.59 Å². The Morgan fingerprint density at radius 2 is 1.59 bits per heavy atom. The number of aliphatic hydroxyl groups excluding tert-OH is 1. The number of aromatic carboxylic acids is 1. The van der Waals surface area contributed by atoms with Crippen molar-refractivity contribution in [3.8, 4) is 5.75 Å². The van der Waals surface area contributed by atoms with E-state index < -0.39 is 18.0 Å². The van der Waals surface area contributed by atoms with Gasteiger partial charge in [0, 0.05) is 12.3 Å². The van der Waals surface area contributed by atoms with Crippen LogP contribution in [0.3, 0.4) is 0 Å². The Labute approximate surface area is 123 Å². The van der Waals surface area contributed by atoms with Crippen molar-refractivity contribution in [2.45, 2.75) is 6.10 Å². The quantitative estimate of drug-likeness (QED) is 0.557. The molecule has 1 atom stereocenters. The Morgan fingerprint density at radius 1 is 1.00 bits per heavy atom. The molecule has 0 bridgehead atoms. The molecule has 8 heteroatoms.